The average molecular weight is 1060 g/mol. The number of nitrogens with two attached hydrogens (primary N) is 2. The highest BCUT2D eigenvalue weighted by Gasteiger charge is 2.35. The van der Waals surface area contributed by atoms with E-state index in [-0.39, 0.29) is 45.1 Å². The van der Waals surface area contributed by atoms with Crippen molar-refractivity contribution in [2.24, 2.45) is 11.5 Å². The summed E-state index contributed by atoms with van der Waals surface area (Å²) in [7, 11) is 0. The Morgan fingerprint density at radius 1 is 0.533 bits per heavy atom. The number of nitrogens with zero attached hydrogens (tertiary/aromatic N) is 1. The first-order valence-corrected chi connectivity index (χ1v) is 27.2. The molecule has 8 amide bonds. The monoisotopic (exact) mass is 1060 g/mol. The van der Waals surface area contributed by atoms with Crippen molar-refractivity contribution in [1.29, 1.82) is 0 Å². The zero-order chi connectivity index (χ0) is 53.9. The maximum atomic E-state index is 15.1. The van der Waals surface area contributed by atoms with Gasteiger partial charge < -0.3 is 63.6 Å². The first-order chi connectivity index (χ1) is 36.2. The van der Waals surface area contributed by atoms with E-state index in [9.17, 15) is 33.6 Å². The largest absolute Gasteiger partial charge is 0.368 e. The number of hydrogen-bond acceptors (Lipinski definition) is 12. The van der Waals surface area contributed by atoms with Crippen LogP contribution in [0.1, 0.15) is 42.1 Å². The number of aromatic nitrogens is 4. The Balaban J connectivity index is 1.31. The van der Waals surface area contributed by atoms with Crippen LogP contribution < -0.4 is 48.7 Å². The second kappa shape index (κ2) is 28.2. The number of carbonyl (C=O) groups excluding carboxylic acids is 8. The minimum atomic E-state index is -1.38. The SMILES string of the molecule is CSCC[C@H](NC(=O)[C@H](Cc1ccccc1)NC(=O)[C@@H](Cc1c[nH]c2ccccc12)NC(=O)[C@@H](Cc1c[nH]c2ccccc12)NC(=O)[C@H](Cc1cnc[nH]1)NC(=O)[C@H](C)NC(=O)[C@H](CCSC)NC(=O)CN)C(N)=O. The lowest BCUT2D eigenvalue weighted by atomic mass is 10.00. The molecule has 3 aromatic heterocycles. The van der Waals surface area contributed by atoms with E-state index in [0.29, 0.717) is 33.9 Å². The van der Waals surface area contributed by atoms with Gasteiger partial charge in [-0.1, -0.05) is 66.7 Å². The van der Waals surface area contributed by atoms with Crippen molar-refractivity contribution in [3.05, 3.63) is 126 Å². The smallest absolute Gasteiger partial charge is 0.243 e. The van der Waals surface area contributed by atoms with Crippen molar-refractivity contribution < 1.29 is 38.4 Å². The van der Waals surface area contributed by atoms with Crippen LogP contribution in [-0.2, 0) is 64.0 Å². The quantitative estimate of drug-likeness (QED) is 0.0313. The molecule has 0 bridgehead atoms. The summed E-state index contributed by atoms with van der Waals surface area (Å²) in [6.45, 7) is 1.09. The second-order valence-electron chi connectivity index (χ2n) is 17.9. The predicted octanol–water partition coefficient (Wildman–Crippen LogP) is 1.01. The van der Waals surface area contributed by atoms with E-state index in [0.717, 1.165) is 21.8 Å². The highest BCUT2D eigenvalue weighted by Crippen LogP contribution is 2.22. The molecule has 21 nitrogen and oxygen atoms in total. The first kappa shape index (κ1) is 56.7. The molecule has 0 saturated carbocycles. The maximum Gasteiger partial charge on any atom is 0.243 e. The number of benzene rings is 3. The van der Waals surface area contributed by atoms with Crippen LogP contribution in [0.5, 0.6) is 0 Å². The predicted molar refractivity (Wildman–Crippen MR) is 290 cm³/mol. The van der Waals surface area contributed by atoms with Crippen LogP contribution in [0.3, 0.4) is 0 Å². The first-order valence-electron chi connectivity index (χ1n) is 24.4. The number of imidazole rings is 1. The lowest BCUT2D eigenvalue weighted by Crippen LogP contribution is -2.61. The summed E-state index contributed by atoms with van der Waals surface area (Å²) in [6, 6.07) is 15.3. The Kier molecular flexibility index (Phi) is 21.3. The third-order valence-electron chi connectivity index (χ3n) is 12.5. The van der Waals surface area contributed by atoms with Gasteiger partial charge in [-0.3, -0.25) is 38.4 Å². The fourth-order valence-corrected chi connectivity index (χ4v) is 9.33. The highest BCUT2D eigenvalue weighted by molar-refractivity contribution is 7.98. The molecule has 0 spiro atoms. The standard InChI is InChI=1S/C52H65N13O8S2/c1-30(59-48(69)40(18-20-75-3)60-45(66)25-53)47(68)62-44(24-34-28-55-29-58-34)52(73)65-43(23-33-27-57-38-16-10-8-14-36(33)38)51(72)64-42(22-32-26-56-37-15-9-7-13-35(32)37)50(71)63-41(21-31-11-5-4-6-12-31)49(70)61-39(46(54)67)17-19-74-2/h4-16,26-30,39-44,56-57H,17-25,53H2,1-3H3,(H2,54,67)(H,55,58)(H,59,69)(H,60,66)(H,61,70)(H,62,68)(H,63,71)(H,64,72)(H,65,73)/t30-,39-,40-,41-,42+,43+,44-/m0/s1. The molecular formula is C52H65N13O8S2. The van der Waals surface area contributed by atoms with Gasteiger partial charge in [-0.15, -0.1) is 0 Å². The number of rotatable bonds is 29. The van der Waals surface area contributed by atoms with Gasteiger partial charge in [-0.2, -0.15) is 23.5 Å². The fraction of sp³-hybridized carbons (Fsp3) is 0.365. The van der Waals surface area contributed by atoms with Crippen LogP contribution in [0.2, 0.25) is 0 Å². The number of amides is 8. The Hall–Kier alpha value is -7.63. The molecule has 0 fully saturated rings. The third kappa shape index (κ3) is 16.4. The number of H-pyrrole nitrogens is 3. The van der Waals surface area contributed by atoms with Gasteiger partial charge in [0.05, 0.1) is 12.9 Å². The fourth-order valence-electron chi connectivity index (χ4n) is 8.39. The van der Waals surface area contributed by atoms with Crippen LogP contribution in [0.25, 0.3) is 21.8 Å². The molecule has 75 heavy (non-hydrogen) atoms. The molecule has 6 aromatic rings. The molecule has 3 aromatic carbocycles. The molecule has 0 radical (unpaired) electrons. The Labute approximate surface area is 442 Å². The average Bonchev–Trinajstić information content (AvgIpc) is 4.19. The van der Waals surface area contributed by atoms with Crippen molar-refractivity contribution in [2.45, 2.75) is 87.7 Å². The molecule has 0 aliphatic heterocycles. The van der Waals surface area contributed by atoms with Gasteiger partial charge in [-0.05, 0) is 72.6 Å². The number of nitrogens with one attached hydrogen (secondary N) is 10. The molecule has 23 heteroatoms. The summed E-state index contributed by atoms with van der Waals surface area (Å²) in [6.07, 6.45) is 10.3. The number of aromatic amines is 3. The summed E-state index contributed by atoms with van der Waals surface area (Å²) < 4.78 is 0. The molecule has 0 saturated heterocycles. The summed E-state index contributed by atoms with van der Waals surface area (Å²) in [4.78, 5) is 124. The van der Waals surface area contributed by atoms with Crippen molar-refractivity contribution in [1.82, 2.24) is 57.2 Å². The zero-order valence-corrected chi connectivity index (χ0v) is 43.5. The molecule has 14 N–H and O–H groups in total. The van der Waals surface area contributed by atoms with Gasteiger partial charge in [0, 0.05) is 71.8 Å². The van der Waals surface area contributed by atoms with Crippen molar-refractivity contribution in [3.8, 4) is 0 Å². The molecule has 0 unspecified atom stereocenters. The minimum Gasteiger partial charge on any atom is -0.368 e. The van der Waals surface area contributed by atoms with Gasteiger partial charge in [0.1, 0.15) is 42.3 Å². The molecule has 0 aliphatic carbocycles. The van der Waals surface area contributed by atoms with Crippen LogP contribution in [-0.4, -0.2) is 140 Å². The molecule has 6 rings (SSSR count). The van der Waals surface area contributed by atoms with Crippen LogP contribution in [0.15, 0.2) is 104 Å². The molecular weight excluding hydrogens is 999 g/mol. The van der Waals surface area contributed by atoms with Gasteiger partial charge in [0.15, 0.2) is 0 Å². The van der Waals surface area contributed by atoms with Gasteiger partial charge in [-0.25, -0.2) is 4.98 Å². The number of para-hydroxylation sites is 2. The number of hydrogen-bond donors (Lipinski definition) is 12. The maximum absolute atomic E-state index is 15.1. The normalized spacial score (nSPS) is 14.0. The second-order valence-corrected chi connectivity index (χ2v) is 19.9. The highest BCUT2D eigenvalue weighted by atomic mass is 32.2. The number of carbonyl (C=O) groups is 8. The molecule has 0 aliphatic rings. The summed E-state index contributed by atoms with van der Waals surface area (Å²) >= 11 is 2.94. The van der Waals surface area contributed by atoms with Gasteiger partial charge in [0.25, 0.3) is 0 Å². The number of fused-ring (bicyclic) bond motifs is 2. The Bertz CT molecular complexity index is 2900. The Morgan fingerprint density at radius 3 is 1.48 bits per heavy atom. The van der Waals surface area contributed by atoms with E-state index >= 15 is 4.79 Å². The van der Waals surface area contributed by atoms with Gasteiger partial charge in [0.2, 0.25) is 47.3 Å². The van der Waals surface area contributed by atoms with E-state index in [1.165, 1.54) is 43.0 Å². The molecule has 7 atom stereocenters. The van der Waals surface area contributed by atoms with Crippen molar-refractivity contribution >= 4 is 92.6 Å². The van der Waals surface area contributed by atoms with Crippen LogP contribution in [0, 0.1) is 0 Å². The summed E-state index contributed by atoms with van der Waals surface area (Å²) in [5.74, 6) is -4.55. The van der Waals surface area contributed by atoms with E-state index in [1.54, 1.807) is 36.7 Å². The molecule has 398 valence electrons. The lowest BCUT2D eigenvalue weighted by molar-refractivity contribution is -0.135. The molecule has 3 heterocycles. The summed E-state index contributed by atoms with van der Waals surface area (Å²) in [5, 5.41) is 20.8. The van der Waals surface area contributed by atoms with Crippen LogP contribution in [0.4, 0.5) is 0 Å². The number of primary amides is 1. The summed E-state index contributed by atoms with van der Waals surface area (Å²) in [5.41, 5.74) is 15.2. The van der Waals surface area contributed by atoms with Crippen molar-refractivity contribution in [2.75, 3.05) is 30.6 Å². The van der Waals surface area contributed by atoms with E-state index in [2.05, 4.69) is 57.2 Å². The third-order valence-corrected chi connectivity index (χ3v) is 13.7. The topological polar surface area (TPSA) is 333 Å². The minimum absolute atomic E-state index is 0.0224. The van der Waals surface area contributed by atoms with E-state index < -0.39 is 89.6 Å². The van der Waals surface area contributed by atoms with E-state index in [4.69, 9.17) is 11.5 Å². The Morgan fingerprint density at radius 2 is 0.987 bits per heavy atom. The number of thioether (sulfide) groups is 2. The van der Waals surface area contributed by atoms with Crippen molar-refractivity contribution in [3.63, 3.8) is 0 Å². The van der Waals surface area contributed by atoms with Crippen LogP contribution >= 0.6 is 23.5 Å². The van der Waals surface area contributed by atoms with Gasteiger partial charge >= 0.3 is 0 Å². The zero-order valence-electron chi connectivity index (χ0n) is 41.9. The lowest BCUT2D eigenvalue weighted by Gasteiger charge is -2.27. The van der Waals surface area contributed by atoms with E-state index in [1.807, 2.05) is 67.1 Å².